The van der Waals surface area contributed by atoms with E-state index in [1.165, 1.54) is 7.11 Å². The monoisotopic (exact) mass is 271 g/mol. The van der Waals surface area contributed by atoms with Crippen molar-refractivity contribution < 1.29 is 19.4 Å². The zero-order chi connectivity index (χ0) is 13.7. The van der Waals surface area contributed by atoms with Gasteiger partial charge in [0.1, 0.15) is 0 Å². The lowest BCUT2D eigenvalue weighted by Gasteiger charge is -2.14. The number of methoxy groups -OCH3 is 1. The molecule has 0 bridgehead atoms. The summed E-state index contributed by atoms with van der Waals surface area (Å²) < 4.78 is 4.73. The number of carbonyl (C=O) groups excluding carboxylic acids is 1. The second kappa shape index (κ2) is 6.37. The van der Waals surface area contributed by atoms with Crippen molar-refractivity contribution in [2.45, 2.75) is 13.0 Å². The minimum absolute atomic E-state index is 0.0965. The summed E-state index contributed by atoms with van der Waals surface area (Å²) >= 11 is 5.90. The van der Waals surface area contributed by atoms with Gasteiger partial charge in [-0.3, -0.25) is 4.79 Å². The van der Waals surface area contributed by atoms with E-state index in [0.29, 0.717) is 16.1 Å². The fourth-order valence-electron chi connectivity index (χ4n) is 1.43. The molecule has 0 aliphatic carbocycles. The van der Waals surface area contributed by atoms with Gasteiger partial charge in [-0.25, -0.2) is 4.79 Å². The van der Waals surface area contributed by atoms with Crippen molar-refractivity contribution in [1.29, 1.82) is 0 Å². The molecule has 0 spiro atoms. The molecule has 98 valence electrons. The van der Waals surface area contributed by atoms with Crippen LogP contribution < -0.4 is 5.32 Å². The van der Waals surface area contributed by atoms with Crippen LogP contribution in [-0.4, -0.2) is 36.7 Å². The van der Waals surface area contributed by atoms with Gasteiger partial charge in [0.25, 0.3) is 5.91 Å². The van der Waals surface area contributed by atoms with Gasteiger partial charge in [-0.1, -0.05) is 17.7 Å². The van der Waals surface area contributed by atoms with E-state index in [4.69, 9.17) is 21.4 Å². The number of carboxylic acid groups (broad SMARTS) is 1. The van der Waals surface area contributed by atoms with E-state index < -0.39 is 17.9 Å². The summed E-state index contributed by atoms with van der Waals surface area (Å²) in [4.78, 5) is 22.8. The van der Waals surface area contributed by atoms with Crippen LogP contribution in [0.4, 0.5) is 0 Å². The zero-order valence-electron chi connectivity index (χ0n) is 10.1. The van der Waals surface area contributed by atoms with Gasteiger partial charge in [0.05, 0.1) is 6.61 Å². The van der Waals surface area contributed by atoms with E-state index >= 15 is 0 Å². The summed E-state index contributed by atoms with van der Waals surface area (Å²) in [7, 11) is 1.37. The van der Waals surface area contributed by atoms with Crippen LogP contribution in [0.2, 0.25) is 5.02 Å². The molecule has 1 amide bonds. The third kappa shape index (κ3) is 3.45. The molecule has 1 atom stereocenters. The van der Waals surface area contributed by atoms with Crippen LogP contribution in [0.5, 0.6) is 0 Å². The van der Waals surface area contributed by atoms with Crippen molar-refractivity contribution in [3.63, 3.8) is 0 Å². The Kier molecular flexibility index (Phi) is 5.12. The number of aliphatic carboxylic acids is 1. The molecular weight excluding hydrogens is 258 g/mol. The van der Waals surface area contributed by atoms with Crippen molar-refractivity contribution in [3.05, 3.63) is 34.3 Å². The largest absolute Gasteiger partial charge is 0.480 e. The SMILES string of the molecule is COCC(NC(=O)c1cccc(Cl)c1C)C(=O)O. The fraction of sp³-hybridized carbons (Fsp3) is 0.333. The van der Waals surface area contributed by atoms with E-state index in [0.717, 1.165) is 0 Å². The lowest BCUT2D eigenvalue weighted by molar-refractivity contribution is -0.140. The van der Waals surface area contributed by atoms with Crippen LogP contribution in [0.3, 0.4) is 0 Å². The number of halogens is 1. The molecular formula is C12H14ClNO4. The van der Waals surface area contributed by atoms with E-state index in [-0.39, 0.29) is 6.61 Å². The van der Waals surface area contributed by atoms with E-state index in [2.05, 4.69) is 5.32 Å². The Hall–Kier alpha value is -1.59. The number of carboxylic acids is 1. The van der Waals surface area contributed by atoms with Gasteiger partial charge in [-0.2, -0.15) is 0 Å². The van der Waals surface area contributed by atoms with E-state index in [1.54, 1.807) is 25.1 Å². The van der Waals surface area contributed by atoms with Crippen molar-refractivity contribution in [1.82, 2.24) is 5.32 Å². The van der Waals surface area contributed by atoms with Crippen molar-refractivity contribution in [2.24, 2.45) is 0 Å². The maximum Gasteiger partial charge on any atom is 0.328 e. The Labute approximate surface area is 110 Å². The predicted octanol–water partition coefficient (Wildman–Crippen LogP) is 1.48. The summed E-state index contributed by atoms with van der Waals surface area (Å²) in [5, 5.41) is 11.7. The summed E-state index contributed by atoms with van der Waals surface area (Å²) in [5.74, 6) is -1.63. The molecule has 1 aromatic rings. The van der Waals surface area contributed by atoms with E-state index in [1.807, 2.05) is 0 Å². The molecule has 0 aromatic heterocycles. The standard InChI is InChI=1S/C12H14ClNO4/c1-7-8(4-3-5-9(7)13)11(15)14-10(6-18-2)12(16)17/h3-5,10H,6H2,1-2H3,(H,14,15)(H,16,17). The first-order valence-corrected chi connectivity index (χ1v) is 5.63. The molecule has 1 unspecified atom stereocenters. The zero-order valence-corrected chi connectivity index (χ0v) is 10.8. The van der Waals surface area contributed by atoms with Gasteiger partial charge in [0, 0.05) is 17.7 Å². The molecule has 1 rings (SSSR count). The number of hydrogen-bond acceptors (Lipinski definition) is 3. The molecule has 0 aliphatic heterocycles. The van der Waals surface area contributed by atoms with Gasteiger partial charge >= 0.3 is 5.97 Å². The Morgan fingerprint density at radius 1 is 1.50 bits per heavy atom. The first kappa shape index (κ1) is 14.5. The van der Waals surface area contributed by atoms with Crippen LogP contribution in [0, 0.1) is 6.92 Å². The molecule has 0 heterocycles. The number of carbonyl (C=O) groups is 2. The highest BCUT2D eigenvalue weighted by Gasteiger charge is 2.21. The van der Waals surface area contributed by atoms with Crippen LogP contribution in [0.15, 0.2) is 18.2 Å². The van der Waals surface area contributed by atoms with Crippen molar-refractivity contribution in [2.75, 3.05) is 13.7 Å². The topological polar surface area (TPSA) is 75.6 Å². The minimum Gasteiger partial charge on any atom is -0.480 e. The smallest absolute Gasteiger partial charge is 0.328 e. The highest BCUT2D eigenvalue weighted by Crippen LogP contribution is 2.18. The molecule has 0 aliphatic rings. The lowest BCUT2D eigenvalue weighted by Crippen LogP contribution is -2.44. The van der Waals surface area contributed by atoms with Gasteiger partial charge in [0.2, 0.25) is 0 Å². The highest BCUT2D eigenvalue weighted by atomic mass is 35.5. The Balaban J connectivity index is 2.87. The Morgan fingerprint density at radius 2 is 2.17 bits per heavy atom. The lowest BCUT2D eigenvalue weighted by atomic mass is 10.1. The number of hydrogen-bond donors (Lipinski definition) is 2. The van der Waals surface area contributed by atoms with Crippen LogP contribution >= 0.6 is 11.6 Å². The first-order chi connectivity index (χ1) is 8.47. The van der Waals surface area contributed by atoms with Gasteiger partial charge in [0.15, 0.2) is 6.04 Å². The average molecular weight is 272 g/mol. The summed E-state index contributed by atoms with van der Waals surface area (Å²) in [6, 6.07) is 3.80. The van der Waals surface area contributed by atoms with Crippen LogP contribution in [0.1, 0.15) is 15.9 Å². The summed E-state index contributed by atoms with van der Waals surface area (Å²) in [5.41, 5.74) is 0.961. The molecule has 0 fully saturated rings. The Bertz CT molecular complexity index is 461. The fourth-order valence-corrected chi connectivity index (χ4v) is 1.61. The molecule has 2 N–H and O–H groups in total. The van der Waals surface area contributed by atoms with Gasteiger partial charge < -0.3 is 15.2 Å². The maximum atomic E-state index is 11.9. The molecule has 0 radical (unpaired) electrons. The normalized spacial score (nSPS) is 11.9. The number of nitrogens with one attached hydrogen (secondary N) is 1. The Morgan fingerprint density at radius 3 is 2.72 bits per heavy atom. The molecule has 6 heteroatoms. The summed E-state index contributed by atoms with van der Waals surface area (Å²) in [6.45, 7) is 1.60. The predicted molar refractivity (Wildman–Crippen MR) is 67.0 cm³/mol. The van der Waals surface area contributed by atoms with Crippen molar-refractivity contribution in [3.8, 4) is 0 Å². The van der Waals surface area contributed by atoms with Crippen LogP contribution in [-0.2, 0) is 9.53 Å². The number of ether oxygens (including phenoxy) is 1. The second-order valence-electron chi connectivity index (χ2n) is 3.73. The first-order valence-electron chi connectivity index (χ1n) is 5.25. The van der Waals surface area contributed by atoms with Crippen molar-refractivity contribution >= 4 is 23.5 Å². The number of rotatable bonds is 5. The third-order valence-corrected chi connectivity index (χ3v) is 2.86. The molecule has 0 saturated heterocycles. The molecule has 18 heavy (non-hydrogen) atoms. The average Bonchev–Trinajstić information content (AvgIpc) is 2.31. The third-order valence-electron chi connectivity index (χ3n) is 2.45. The molecule has 5 nitrogen and oxygen atoms in total. The number of amides is 1. The molecule has 0 saturated carbocycles. The summed E-state index contributed by atoms with van der Waals surface area (Å²) in [6.07, 6.45) is 0. The molecule has 1 aromatic carbocycles. The van der Waals surface area contributed by atoms with E-state index in [9.17, 15) is 9.59 Å². The highest BCUT2D eigenvalue weighted by molar-refractivity contribution is 6.31. The maximum absolute atomic E-state index is 11.9. The number of benzene rings is 1. The quantitative estimate of drug-likeness (QED) is 0.850. The van der Waals surface area contributed by atoms with Gasteiger partial charge in [-0.05, 0) is 24.6 Å². The van der Waals surface area contributed by atoms with Crippen LogP contribution in [0.25, 0.3) is 0 Å². The van der Waals surface area contributed by atoms with Gasteiger partial charge in [-0.15, -0.1) is 0 Å². The minimum atomic E-state index is -1.15. The second-order valence-corrected chi connectivity index (χ2v) is 4.14.